The quantitative estimate of drug-likeness (QED) is 0.167. The van der Waals surface area contributed by atoms with Gasteiger partial charge in [-0.15, -0.1) is 11.3 Å². The number of carbonyl (C=O) groups is 1. The van der Waals surface area contributed by atoms with Crippen LogP contribution in [0.5, 0.6) is 0 Å². The van der Waals surface area contributed by atoms with Gasteiger partial charge >= 0.3 is 5.97 Å². The summed E-state index contributed by atoms with van der Waals surface area (Å²) in [7, 11) is 7.41. The molecule has 5 N–H and O–H groups in total. The molecule has 7 rings (SSSR count). The summed E-state index contributed by atoms with van der Waals surface area (Å²) < 4.78 is 53.3. The standard InChI is InChI=1S/C51H83N5O13S/c1-15-39-51(10,60)45-28(2)24-56(13)29(3)22-50(9,63-26-34(25-62-45)54-64-27-35-19-20-38(70-35)36-17-16-18-40(52)53-36)46(69-48-42(57)37(55(11)12)21-30(4)65-48)31(5)43(32(6)47(59)67-39)68-41-23-49(8,61-14)44(58)33(7)66-41/h16-20,28-33,37,39,41-46,48,57-58,60H,15,21-27H2,1-14H3,(H2,52,53)/b54-34+/t28-,29+,30+,31-,32+,33-,37-,39+,41-,42+,43-,44-,45-,46+,48-,49+,50+,51+/m0/s1. The molecule has 5 saturated heterocycles. The number of fused-ring (bicyclic) bond motifs is 15. The Hall–Kier alpha value is -2.89. The molecule has 2 bridgehead atoms. The van der Waals surface area contributed by atoms with Crippen LogP contribution in [0.25, 0.3) is 10.6 Å². The lowest BCUT2D eigenvalue weighted by molar-refractivity contribution is -0.320. The number of carbonyl (C=O) groups excluding carboxylic acids is 1. The number of hydrogen-bond donors (Lipinski definition) is 4. The zero-order valence-corrected chi connectivity index (χ0v) is 44.7. The summed E-state index contributed by atoms with van der Waals surface area (Å²) in [6.45, 7) is 19.3. The fraction of sp³-hybridized carbons (Fsp3) is 0.784. The highest BCUT2D eigenvalue weighted by Crippen LogP contribution is 2.42. The van der Waals surface area contributed by atoms with Gasteiger partial charge in [-0.1, -0.05) is 32.0 Å². The number of rotatable bonds is 11. The fourth-order valence-corrected chi connectivity index (χ4v) is 11.9. The summed E-state index contributed by atoms with van der Waals surface area (Å²) in [5, 5.41) is 40.6. The van der Waals surface area contributed by atoms with Crippen molar-refractivity contribution >= 4 is 28.8 Å². The van der Waals surface area contributed by atoms with E-state index in [-0.39, 0.29) is 56.8 Å². The SMILES string of the molecule is CC[C@H]1OC(=O)[C@H](C)[C@@H](O[C@H]2C[C@@](C)(OC)[C@@H](O)[C@H](C)O2)[C@H](C)[C@@H](O[C@@H]2O[C@H](C)C[C@H](N(C)C)[C@H]2O)[C@@]2(C)C[C@@H](C)N(C)C[C@H](C)[C@H](OC/C(=N\OCc3ccc(-c4cccc(N)n4)s3)CO2)[C@]1(C)O. The number of hydrogen-bond acceptors (Lipinski definition) is 19. The minimum atomic E-state index is -1.69. The van der Waals surface area contributed by atoms with Crippen molar-refractivity contribution in [2.75, 3.05) is 53.7 Å². The predicted octanol–water partition coefficient (Wildman–Crippen LogP) is 5.24. The molecule has 0 aliphatic carbocycles. The zero-order chi connectivity index (χ0) is 51.5. The Labute approximate surface area is 419 Å². The van der Waals surface area contributed by atoms with Crippen molar-refractivity contribution in [3.63, 3.8) is 0 Å². The van der Waals surface area contributed by atoms with E-state index in [4.69, 9.17) is 48.5 Å². The van der Waals surface area contributed by atoms with E-state index in [1.54, 1.807) is 33.8 Å². The fourth-order valence-electron chi connectivity index (χ4n) is 11.0. The van der Waals surface area contributed by atoms with Gasteiger partial charge in [0.2, 0.25) is 0 Å². The topological polar surface area (TPSA) is 219 Å². The van der Waals surface area contributed by atoms with Gasteiger partial charge in [0.25, 0.3) is 0 Å². The molecule has 70 heavy (non-hydrogen) atoms. The van der Waals surface area contributed by atoms with Crippen LogP contribution in [0.15, 0.2) is 35.5 Å². The molecule has 18 atom stereocenters. The Morgan fingerprint density at radius 2 is 1.74 bits per heavy atom. The summed E-state index contributed by atoms with van der Waals surface area (Å²) in [6, 6.07) is 8.99. The molecule has 2 aromatic heterocycles. The highest BCUT2D eigenvalue weighted by molar-refractivity contribution is 7.15. The number of methoxy groups -OCH3 is 1. The van der Waals surface area contributed by atoms with Gasteiger partial charge in [-0.3, -0.25) is 4.79 Å². The second-order valence-corrected chi connectivity index (χ2v) is 22.5. The van der Waals surface area contributed by atoms with Crippen LogP contribution < -0.4 is 5.73 Å². The Bertz CT molecular complexity index is 2050. The van der Waals surface area contributed by atoms with Crippen LogP contribution in [0.4, 0.5) is 5.82 Å². The zero-order valence-electron chi connectivity index (χ0n) is 43.9. The number of oxime groups is 1. The van der Waals surface area contributed by atoms with Crippen LogP contribution in [0.1, 0.15) is 99.8 Å². The molecule has 5 aliphatic heterocycles. The van der Waals surface area contributed by atoms with Crippen molar-refractivity contribution < 1.29 is 62.8 Å². The summed E-state index contributed by atoms with van der Waals surface area (Å²) in [6.07, 6.45) is -7.46. The van der Waals surface area contributed by atoms with Crippen molar-refractivity contribution in [3.05, 3.63) is 35.2 Å². The van der Waals surface area contributed by atoms with Crippen LogP contribution in [0, 0.1) is 17.8 Å². The van der Waals surface area contributed by atoms with Gasteiger partial charge in [0, 0.05) is 43.0 Å². The third-order valence-corrected chi connectivity index (χ3v) is 16.4. The maximum absolute atomic E-state index is 14.8. The predicted molar refractivity (Wildman–Crippen MR) is 266 cm³/mol. The number of likely N-dealkylation sites (N-methyl/N-ethyl adjacent to an activating group) is 1. The summed E-state index contributed by atoms with van der Waals surface area (Å²) in [5.41, 5.74) is 3.19. The van der Waals surface area contributed by atoms with E-state index in [2.05, 4.69) is 22.0 Å². The Morgan fingerprint density at radius 3 is 2.41 bits per heavy atom. The van der Waals surface area contributed by atoms with Crippen molar-refractivity contribution in [3.8, 4) is 10.6 Å². The Kier molecular flexibility index (Phi) is 19.0. The molecule has 0 radical (unpaired) electrons. The minimum absolute atomic E-state index is 0.0858. The van der Waals surface area contributed by atoms with E-state index in [0.29, 0.717) is 30.9 Å². The number of thiophene rings is 1. The number of anilines is 1. The van der Waals surface area contributed by atoms with E-state index in [0.717, 1.165) is 15.4 Å². The summed E-state index contributed by atoms with van der Waals surface area (Å²) >= 11 is 1.51. The van der Waals surface area contributed by atoms with E-state index in [9.17, 15) is 20.1 Å². The first-order valence-electron chi connectivity index (χ1n) is 25.0. The molecule has 0 saturated carbocycles. The first-order chi connectivity index (χ1) is 32.9. The maximum Gasteiger partial charge on any atom is 0.311 e. The van der Waals surface area contributed by atoms with Crippen molar-refractivity contribution in [2.45, 2.75) is 192 Å². The van der Waals surface area contributed by atoms with Gasteiger partial charge in [0.1, 0.15) is 35.4 Å². The molecular formula is C51H83N5O13S. The molecular weight excluding hydrogens is 923 g/mol. The molecule has 5 aliphatic rings. The second-order valence-electron chi connectivity index (χ2n) is 21.3. The van der Waals surface area contributed by atoms with Crippen LogP contribution in [0.3, 0.4) is 0 Å². The van der Waals surface area contributed by atoms with Gasteiger partial charge in [-0.05, 0) is 119 Å². The van der Waals surface area contributed by atoms with Crippen LogP contribution in [0.2, 0.25) is 0 Å². The highest BCUT2D eigenvalue weighted by Gasteiger charge is 2.54. The summed E-state index contributed by atoms with van der Waals surface area (Å²) in [5.74, 6) is -2.16. The lowest BCUT2D eigenvalue weighted by atomic mass is 9.78. The normalized spacial score (nSPS) is 41.5. The van der Waals surface area contributed by atoms with E-state index in [1.807, 2.05) is 84.9 Å². The van der Waals surface area contributed by atoms with E-state index in [1.165, 1.54) is 18.4 Å². The van der Waals surface area contributed by atoms with E-state index >= 15 is 0 Å². The van der Waals surface area contributed by atoms with E-state index < -0.39 is 89.9 Å². The molecule has 0 spiro atoms. The van der Waals surface area contributed by atoms with Crippen molar-refractivity contribution in [2.24, 2.45) is 22.9 Å². The molecule has 18 nitrogen and oxygen atoms in total. The first-order valence-corrected chi connectivity index (χ1v) is 25.8. The number of nitrogens with zero attached hydrogens (tertiary/aromatic N) is 4. The van der Waals surface area contributed by atoms with Crippen molar-refractivity contribution in [1.82, 2.24) is 14.8 Å². The van der Waals surface area contributed by atoms with Crippen LogP contribution in [-0.2, 0) is 54.1 Å². The molecule has 0 unspecified atom stereocenters. The van der Waals surface area contributed by atoms with Crippen LogP contribution >= 0.6 is 11.3 Å². The molecule has 7 heterocycles. The molecule has 396 valence electrons. The third-order valence-electron chi connectivity index (χ3n) is 15.3. The maximum atomic E-state index is 14.8. The second kappa shape index (κ2) is 23.5. The third kappa shape index (κ3) is 12.9. The number of pyridine rings is 1. The average molecular weight is 1010 g/mol. The molecule has 0 amide bonds. The van der Waals surface area contributed by atoms with Gasteiger partial charge in [0.15, 0.2) is 19.2 Å². The van der Waals surface area contributed by atoms with Crippen molar-refractivity contribution in [1.29, 1.82) is 0 Å². The number of esters is 1. The number of aromatic nitrogens is 1. The molecule has 5 fully saturated rings. The molecule has 19 heteroatoms. The number of nitrogen functional groups attached to an aromatic ring is 1. The number of ether oxygens (including phenoxy) is 8. The van der Waals surface area contributed by atoms with Gasteiger partial charge in [0.05, 0.1) is 71.4 Å². The number of nitrogens with two attached hydrogens (primary N) is 1. The molecule has 2 aromatic rings. The highest BCUT2D eigenvalue weighted by atomic mass is 32.1. The number of aliphatic hydroxyl groups is 3. The summed E-state index contributed by atoms with van der Waals surface area (Å²) in [4.78, 5) is 31.4. The lowest BCUT2D eigenvalue weighted by Crippen LogP contribution is -2.61. The lowest BCUT2D eigenvalue weighted by Gasteiger charge is -2.50. The number of aliphatic hydroxyl groups excluding tert-OH is 2. The van der Waals surface area contributed by atoms with Crippen LogP contribution in [-0.4, -0.2) is 180 Å². The first kappa shape index (κ1) is 56.4. The van der Waals surface area contributed by atoms with Gasteiger partial charge in [-0.2, -0.15) is 0 Å². The van der Waals surface area contributed by atoms with Gasteiger partial charge < -0.3 is 73.6 Å². The smallest absolute Gasteiger partial charge is 0.311 e. The Balaban J connectivity index is 1.48. The monoisotopic (exact) mass is 1010 g/mol. The minimum Gasteiger partial charge on any atom is -0.459 e. The largest absolute Gasteiger partial charge is 0.459 e. The Morgan fingerprint density at radius 1 is 1.01 bits per heavy atom. The molecule has 0 aromatic carbocycles. The van der Waals surface area contributed by atoms with Gasteiger partial charge in [-0.25, -0.2) is 4.98 Å². The average Bonchev–Trinajstić information content (AvgIpc) is 3.78.